The third-order valence-electron chi connectivity index (χ3n) is 3.32. The monoisotopic (exact) mass is 320 g/mol. The lowest BCUT2D eigenvalue weighted by Crippen LogP contribution is -2.24. The van der Waals surface area contributed by atoms with Crippen molar-refractivity contribution in [1.29, 1.82) is 0 Å². The second-order valence-corrected chi connectivity index (χ2v) is 6.42. The first-order chi connectivity index (χ1) is 8.66. The van der Waals surface area contributed by atoms with E-state index in [0.29, 0.717) is 0 Å². The highest BCUT2D eigenvalue weighted by molar-refractivity contribution is 9.09. The second kappa shape index (κ2) is 13.8. The number of hydrogen-bond acceptors (Lipinski definition) is 2. The van der Waals surface area contributed by atoms with Gasteiger partial charge >= 0.3 is 0 Å². The van der Waals surface area contributed by atoms with Crippen LogP contribution in [0.1, 0.15) is 51.4 Å². The maximum atomic E-state index is 3.48. The van der Waals surface area contributed by atoms with Crippen molar-refractivity contribution in [2.75, 3.05) is 46.1 Å². The van der Waals surface area contributed by atoms with E-state index in [9.17, 15) is 0 Å². The average molecular weight is 321 g/mol. The lowest BCUT2D eigenvalue weighted by Gasteiger charge is -2.17. The van der Waals surface area contributed by atoms with Gasteiger partial charge in [0.25, 0.3) is 0 Å². The van der Waals surface area contributed by atoms with Crippen molar-refractivity contribution in [3.63, 3.8) is 0 Å². The Labute approximate surface area is 123 Å². The highest BCUT2D eigenvalue weighted by Gasteiger charge is 1.99. The maximum Gasteiger partial charge on any atom is 0.00313 e. The SMILES string of the molecule is CN(C)CCCN(C)CCCCCCCCCBr. The zero-order valence-electron chi connectivity index (χ0n) is 12.8. The highest BCUT2D eigenvalue weighted by atomic mass is 79.9. The molecule has 3 heteroatoms. The van der Waals surface area contributed by atoms with E-state index in [2.05, 4.69) is 46.9 Å². The molecule has 0 unspecified atom stereocenters. The summed E-state index contributed by atoms with van der Waals surface area (Å²) in [5.74, 6) is 0. The van der Waals surface area contributed by atoms with Gasteiger partial charge in [-0.2, -0.15) is 0 Å². The molecule has 0 rings (SSSR count). The molecule has 0 aromatic rings. The summed E-state index contributed by atoms with van der Waals surface area (Å²) in [6, 6.07) is 0. The zero-order valence-corrected chi connectivity index (χ0v) is 14.3. The first-order valence-electron chi connectivity index (χ1n) is 7.56. The van der Waals surface area contributed by atoms with Gasteiger partial charge in [0, 0.05) is 5.33 Å². The normalized spacial score (nSPS) is 11.7. The molecule has 0 spiro atoms. The minimum Gasteiger partial charge on any atom is -0.309 e. The molecule has 0 atom stereocenters. The van der Waals surface area contributed by atoms with Gasteiger partial charge in [0.05, 0.1) is 0 Å². The van der Waals surface area contributed by atoms with Gasteiger partial charge in [-0.15, -0.1) is 0 Å². The Balaban J connectivity index is 3.12. The summed E-state index contributed by atoms with van der Waals surface area (Å²) in [4.78, 5) is 4.75. The molecule has 110 valence electrons. The van der Waals surface area contributed by atoms with Crippen LogP contribution in [0.3, 0.4) is 0 Å². The van der Waals surface area contributed by atoms with E-state index in [1.54, 1.807) is 0 Å². The molecular weight excluding hydrogens is 288 g/mol. The number of nitrogens with zero attached hydrogens (tertiary/aromatic N) is 2. The number of halogens is 1. The minimum atomic E-state index is 1.17. The van der Waals surface area contributed by atoms with Crippen LogP contribution in [0.4, 0.5) is 0 Å². The Morgan fingerprint density at radius 1 is 0.611 bits per heavy atom. The summed E-state index contributed by atoms with van der Waals surface area (Å²) in [7, 11) is 6.55. The predicted molar refractivity (Wildman–Crippen MR) is 86.8 cm³/mol. The van der Waals surface area contributed by atoms with Gasteiger partial charge in [0.2, 0.25) is 0 Å². The lowest BCUT2D eigenvalue weighted by molar-refractivity contribution is 0.294. The van der Waals surface area contributed by atoms with Crippen molar-refractivity contribution in [2.45, 2.75) is 51.4 Å². The summed E-state index contributed by atoms with van der Waals surface area (Å²) >= 11 is 3.48. The quantitative estimate of drug-likeness (QED) is 0.374. The molecule has 0 aromatic carbocycles. The van der Waals surface area contributed by atoms with Gasteiger partial charge in [-0.3, -0.25) is 0 Å². The number of rotatable bonds is 13. The number of unbranched alkanes of at least 4 members (excludes halogenated alkanes) is 6. The van der Waals surface area contributed by atoms with E-state index in [-0.39, 0.29) is 0 Å². The molecule has 0 bridgehead atoms. The van der Waals surface area contributed by atoms with Gasteiger partial charge in [-0.05, 0) is 60.0 Å². The molecule has 2 nitrogen and oxygen atoms in total. The van der Waals surface area contributed by atoms with Crippen LogP contribution < -0.4 is 0 Å². The summed E-state index contributed by atoms with van der Waals surface area (Å²) in [6.07, 6.45) is 11.1. The molecule has 0 heterocycles. The van der Waals surface area contributed by atoms with Gasteiger partial charge in [0.15, 0.2) is 0 Å². The first kappa shape index (κ1) is 18.4. The largest absolute Gasteiger partial charge is 0.309 e. The van der Waals surface area contributed by atoms with Crippen molar-refractivity contribution in [3.05, 3.63) is 0 Å². The van der Waals surface area contributed by atoms with Gasteiger partial charge in [-0.25, -0.2) is 0 Å². The summed E-state index contributed by atoms with van der Waals surface area (Å²) in [5, 5.41) is 1.17. The molecule has 0 saturated carbocycles. The number of hydrogen-bond donors (Lipinski definition) is 0. The van der Waals surface area contributed by atoms with Crippen molar-refractivity contribution in [2.24, 2.45) is 0 Å². The smallest absolute Gasteiger partial charge is 0.00313 e. The molecule has 0 amide bonds. The van der Waals surface area contributed by atoms with Crippen LogP contribution in [0, 0.1) is 0 Å². The fourth-order valence-electron chi connectivity index (χ4n) is 2.13. The van der Waals surface area contributed by atoms with E-state index in [0.717, 1.165) is 0 Å². The molecule has 0 aromatic heterocycles. The Kier molecular flexibility index (Phi) is 14.1. The third-order valence-corrected chi connectivity index (χ3v) is 3.88. The Hall–Kier alpha value is 0.400. The fraction of sp³-hybridized carbons (Fsp3) is 1.00. The van der Waals surface area contributed by atoms with Gasteiger partial charge in [-0.1, -0.05) is 48.0 Å². The van der Waals surface area contributed by atoms with Crippen LogP contribution in [0.2, 0.25) is 0 Å². The van der Waals surface area contributed by atoms with Crippen LogP contribution in [0.5, 0.6) is 0 Å². The van der Waals surface area contributed by atoms with E-state index in [1.165, 1.54) is 76.3 Å². The summed E-state index contributed by atoms with van der Waals surface area (Å²) < 4.78 is 0. The molecule has 0 aliphatic carbocycles. The zero-order chi connectivity index (χ0) is 13.6. The molecule has 0 aliphatic rings. The highest BCUT2D eigenvalue weighted by Crippen LogP contribution is 2.08. The molecular formula is C15H33BrN2. The molecule has 0 fully saturated rings. The van der Waals surface area contributed by atoms with Crippen LogP contribution in [-0.4, -0.2) is 55.9 Å². The lowest BCUT2D eigenvalue weighted by atomic mass is 10.1. The van der Waals surface area contributed by atoms with Crippen molar-refractivity contribution in [3.8, 4) is 0 Å². The van der Waals surface area contributed by atoms with Crippen molar-refractivity contribution < 1.29 is 0 Å². The summed E-state index contributed by atoms with van der Waals surface area (Å²) in [6.45, 7) is 3.72. The van der Waals surface area contributed by atoms with E-state index >= 15 is 0 Å². The first-order valence-corrected chi connectivity index (χ1v) is 8.68. The fourth-order valence-corrected chi connectivity index (χ4v) is 2.53. The van der Waals surface area contributed by atoms with Crippen molar-refractivity contribution >= 4 is 15.9 Å². The van der Waals surface area contributed by atoms with Crippen LogP contribution >= 0.6 is 15.9 Å². The Bertz CT molecular complexity index is 163. The maximum absolute atomic E-state index is 3.48. The molecule has 0 N–H and O–H groups in total. The minimum absolute atomic E-state index is 1.17. The molecule has 18 heavy (non-hydrogen) atoms. The summed E-state index contributed by atoms with van der Waals surface area (Å²) in [5.41, 5.74) is 0. The van der Waals surface area contributed by atoms with Crippen LogP contribution in [0.25, 0.3) is 0 Å². The van der Waals surface area contributed by atoms with E-state index < -0.39 is 0 Å². The van der Waals surface area contributed by atoms with Gasteiger partial charge in [0.1, 0.15) is 0 Å². The van der Waals surface area contributed by atoms with Crippen LogP contribution in [0.15, 0.2) is 0 Å². The Morgan fingerprint density at radius 2 is 1.11 bits per heavy atom. The average Bonchev–Trinajstić information content (AvgIpc) is 2.32. The Morgan fingerprint density at radius 3 is 1.67 bits per heavy atom. The van der Waals surface area contributed by atoms with E-state index in [1.807, 2.05) is 0 Å². The molecule has 0 aliphatic heterocycles. The van der Waals surface area contributed by atoms with Gasteiger partial charge < -0.3 is 9.80 Å². The standard InChI is InChI=1S/C15H33BrN2/c1-17(2)13-11-15-18(3)14-10-8-6-4-5-7-9-12-16/h4-15H2,1-3H3. The predicted octanol–water partition coefficient (Wildman–Crippen LogP) is 4.00. The number of alkyl halides is 1. The molecule has 0 radical (unpaired) electrons. The third kappa shape index (κ3) is 14.5. The van der Waals surface area contributed by atoms with E-state index in [4.69, 9.17) is 0 Å². The second-order valence-electron chi connectivity index (χ2n) is 5.62. The topological polar surface area (TPSA) is 6.48 Å². The molecule has 0 saturated heterocycles. The van der Waals surface area contributed by atoms with Crippen LogP contribution in [-0.2, 0) is 0 Å². The van der Waals surface area contributed by atoms with Crippen molar-refractivity contribution in [1.82, 2.24) is 9.80 Å².